The number of esters is 2. The molecular formula is C20H18N6O8. The average Bonchev–Trinajstić information content (AvgIpc) is 3.43. The first kappa shape index (κ1) is 23.8. The van der Waals surface area contributed by atoms with Gasteiger partial charge in [0.2, 0.25) is 0 Å². The molecule has 4 aromatic rings. The number of fused-ring (bicyclic) bond motifs is 2. The summed E-state index contributed by atoms with van der Waals surface area (Å²) >= 11 is 0. The van der Waals surface area contributed by atoms with E-state index in [4.69, 9.17) is 9.47 Å². The largest absolute Gasteiger partial charge is 0.461 e. The van der Waals surface area contributed by atoms with Crippen LogP contribution in [0.3, 0.4) is 0 Å². The quantitative estimate of drug-likeness (QED) is 0.239. The molecule has 0 aliphatic heterocycles. The fourth-order valence-corrected chi connectivity index (χ4v) is 2.95. The highest BCUT2D eigenvalue weighted by Crippen LogP contribution is 2.23. The second-order valence-electron chi connectivity index (χ2n) is 6.56. The minimum atomic E-state index is -0.549. The average molecular weight is 470 g/mol. The summed E-state index contributed by atoms with van der Waals surface area (Å²) in [4.78, 5) is 43.1. The lowest BCUT2D eigenvalue weighted by atomic mass is 10.2. The smallest absolute Gasteiger partial charge is 0.359 e. The van der Waals surface area contributed by atoms with Crippen LogP contribution in [-0.4, -0.2) is 55.4 Å². The minimum Gasteiger partial charge on any atom is -0.461 e. The van der Waals surface area contributed by atoms with Crippen LogP contribution in [0, 0.1) is 20.2 Å². The van der Waals surface area contributed by atoms with Crippen molar-refractivity contribution >= 4 is 45.1 Å². The maximum atomic E-state index is 11.5. The van der Waals surface area contributed by atoms with Crippen LogP contribution in [0.25, 0.3) is 21.8 Å². The van der Waals surface area contributed by atoms with Crippen molar-refractivity contribution in [2.24, 2.45) is 0 Å². The number of benzene rings is 2. The Balaban J connectivity index is 0.000000191. The molecule has 2 aromatic heterocycles. The molecule has 0 atom stereocenters. The fraction of sp³-hybridized carbons (Fsp3) is 0.200. The van der Waals surface area contributed by atoms with E-state index in [9.17, 15) is 29.8 Å². The molecule has 2 N–H and O–H groups in total. The molecule has 14 heteroatoms. The van der Waals surface area contributed by atoms with Crippen molar-refractivity contribution in [2.75, 3.05) is 13.2 Å². The minimum absolute atomic E-state index is 0.0587. The zero-order valence-corrected chi connectivity index (χ0v) is 17.9. The van der Waals surface area contributed by atoms with Crippen LogP contribution in [0.2, 0.25) is 0 Å². The summed E-state index contributed by atoms with van der Waals surface area (Å²) in [5.41, 5.74) is 1.02. The number of nitro benzene ring substituents is 2. The monoisotopic (exact) mass is 470 g/mol. The molecule has 0 amide bonds. The first-order valence-corrected chi connectivity index (χ1v) is 9.86. The van der Waals surface area contributed by atoms with E-state index in [0.29, 0.717) is 21.8 Å². The van der Waals surface area contributed by atoms with E-state index in [2.05, 4.69) is 20.4 Å². The van der Waals surface area contributed by atoms with Gasteiger partial charge in [-0.05, 0) is 26.0 Å². The first-order valence-electron chi connectivity index (χ1n) is 9.86. The third-order valence-electron chi connectivity index (χ3n) is 4.45. The zero-order chi connectivity index (χ0) is 24.8. The highest BCUT2D eigenvalue weighted by atomic mass is 16.6. The fourth-order valence-electron chi connectivity index (χ4n) is 2.95. The summed E-state index contributed by atoms with van der Waals surface area (Å²) in [6.45, 7) is 3.88. The number of carbonyl (C=O) groups excluding carboxylic acids is 2. The Morgan fingerprint density at radius 1 is 0.794 bits per heavy atom. The maximum absolute atomic E-state index is 11.5. The summed E-state index contributed by atoms with van der Waals surface area (Å²) in [5.74, 6) is -1.10. The summed E-state index contributed by atoms with van der Waals surface area (Å²) in [6.07, 6.45) is 0. The standard InChI is InChI=1S/2C10H9N3O4/c2*1-2-17-10(14)9-7-4-3-6(13(15)16)5-8(7)11-12-9/h2*3-5H,2H2,1H3,(H,11,12). The van der Waals surface area contributed by atoms with Crippen molar-refractivity contribution in [3.63, 3.8) is 0 Å². The van der Waals surface area contributed by atoms with Gasteiger partial charge in [0, 0.05) is 35.0 Å². The van der Waals surface area contributed by atoms with Gasteiger partial charge in [0.1, 0.15) is 0 Å². The number of hydrogen-bond acceptors (Lipinski definition) is 10. The molecule has 0 aliphatic rings. The van der Waals surface area contributed by atoms with E-state index in [0.717, 1.165) is 0 Å². The molecule has 0 radical (unpaired) electrons. The van der Waals surface area contributed by atoms with Crippen LogP contribution >= 0.6 is 0 Å². The topological polar surface area (TPSA) is 196 Å². The lowest BCUT2D eigenvalue weighted by molar-refractivity contribution is -0.384. The number of nitro groups is 2. The number of carbonyl (C=O) groups is 2. The van der Waals surface area contributed by atoms with Crippen LogP contribution < -0.4 is 0 Å². The summed E-state index contributed by atoms with van der Waals surface area (Å²) < 4.78 is 9.63. The van der Waals surface area contributed by atoms with E-state index in [1.807, 2.05) is 0 Å². The Hall–Kier alpha value is -4.88. The van der Waals surface area contributed by atoms with E-state index in [-0.39, 0.29) is 36.0 Å². The van der Waals surface area contributed by atoms with Gasteiger partial charge in [-0.2, -0.15) is 10.2 Å². The van der Waals surface area contributed by atoms with Gasteiger partial charge in [-0.15, -0.1) is 0 Å². The molecule has 4 rings (SSSR count). The number of H-pyrrole nitrogens is 2. The lowest BCUT2D eigenvalue weighted by Crippen LogP contribution is -2.05. The van der Waals surface area contributed by atoms with Crippen molar-refractivity contribution in [3.8, 4) is 0 Å². The number of ether oxygens (including phenoxy) is 2. The second kappa shape index (κ2) is 10.2. The van der Waals surface area contributed by atoms with Gasteiger partial charge in [0.05, 0.1) is 34.1 Å². The predicted molar refractivity (Wildman–Crippen MR) is 117 cm³/mol. The van der Waals surface area contributed by atoms with Crippen LogP contribution in [0.4, 0.5) is 11.4 Å². The molecule has 0 saturated carbocycles. The number of non-ortho nitro benzene ring substituents is 2. The third-order valence-corrected chi connectivity index (χ3v) is 4.45. The molecule has 0 fully saturated rings. The van der Waals surface area contributed by atoms with Crippen molar-refractivity contribution < 1.29 is 28.9 Å². The number of hydrogen-bond donors (Lipinski definition) is 2. The number of nitrogens with one attached hydrogen (secondary N) is 2. The van der Waals surface area contributed by atoms with E-state index in [1.165, 1.54) is 36.4 Å². The predicted octanol–water partition coefficient (Wildman–Crippen LogP) is 3.30. The second-order valence-corrected chi connectivity index (χ2v) is 6.56. The molecule has 0 spiro atoms. The Labute approximate surface area is 190 Å². The Kier molecular flexibility index (Phi) is 7.10. The molecule has 14 nitrogen and oxygen atoms in total. The zero-order valence-electron chi connectivity index (χ0n) is 17.9. The molecule has 0 unspecified atom stereocenters. The number of nitrogens with zero attached hydrogens (tertiary/aromatic N) is 4. The van der Waals surface area contributed by atoms with Crippen LogP contribution in [0.5, 0.6) is 0 Å². The summed E-state index contributed by atoms with van der Waals surface area (Å²) in [6, 6.07) is 8.24. The third kappa shape index (κ3) is 4.95. The van der Waals surface area contributed by atoms with Gasteiger partial charge in [0.25, 0.3) is 11.4 Å². The maximum Gasteiger partial charge on any atom is 0.359 e. The molecule has 0 bridgehead atoms. The molecule has 0 aliphatic carbocycles. The van der Waals surface area contributed by atoms with E-state index >= 15 is 0 Å². The van der Waals surface area contributed by atoms with Crippen LogP contribution in [0.1, 0.15) is 34.8 Å². The SMILES string of the molecule is CCOC(=O)c1n[nH]c2cc([N+](=O)[O-])ccc12.CCOC(=O)c1n[nH]c2cc([N+](=O)[O-])ccc12. The molecule has 2 heterocycles. The first-order chi connectivity index (χ1) is 16.3. The van der Waals surface area contributed by atoms with Gasteiger partial charge in [0.15, 0.2) is 11.4 Å². The van der Waals surface area contributed by atoms with Crippen molar-refractivity contribution in [1.29, 1.82) is 0 Å². The van der Waals surface area contributed by atoms with Crippen molar-refractivity contribution in [1.82, 2.24) is 20.4 Å². The van der Waals surface area contributed by atoms with Crippen LogP contribution in [-0.2, 0) is 9.47 Å². The normalized spacial score (nSPS) is 10.4. The molecular weight excluding hydrogens is 452 g/mol. The summed E-state index contributed by atoms with van der Waals surface area (Å²) in [5, 5.41) is 34.9. The Morgan fingerprint density at radius 3 is 1.50 bits per heavy atom. The van der Waals surface area contributed by atoms with Gasteiger partial charge < -0.3 is 9.47 Å². The number of aromatic amines is 2. The Bertz CT molecular complexity index is 1290. The van der Waals surface area contributed by atoms with Gasteiger partial charge in [-0.3, -0.25) is 30.4 Å². The van der Waals surface area contributed by atoms with Gasteiger partial charge in [-0.25, -0.2) is 9.59 Å². The Morgan fingerprint density at radius 2 is 1.18 bits per heavy atom. The summed E-state index contributed by atoms with van der Waals surface area (Å²) in [7, 11) is 0. The highest BCUT2D eigenvalue weighted by Gasteiger charge is 2.18. The van der Waals surface area contributed by atoms with E-state index in [1.54, 1.807) is 13.8 Å². The van der Waals surface area contributed by atoms with Gasteiger partial charge in [-0.1, -0.05) is 0 Å². The molecule has 34 heavy (non-hydrogen) atoms. The van der Waals surface area contributed by atoms with Gasteiger partial charge >= 0.3 is 11.9 Å². The number of rotatable bonds is 6. The molecule has 0 saturated heterocycles. The van der Waals surface area contributed by atoms with Crippen molar-refractivity contribution in [3.05, 3.63) is 68.0 Å². The lowest BCUT2D eigenvalue weighted by Gasteiger charge is -1.97. The van der Waals surface area contributed by atoms with Crippen molar-refractivity contribution in [2.45, 2.75) is 13.8 Å². The molecule has 176 valence electrons. The number of aromatic nitrogens is 4. The van der Waals surface area contributed by atoms with E-state index < -0.39 is 21.8 Å². The van der Waals surface area contributed by atoms with Crippen LogP contribution in [0.15, 0.2) is 36.4 Å². The highest BCUT2D eigenvalue weighted by molar-refractivity contribution is 6.03. The molecule has 2 aromatic carbocycles.